The van der Waals surface area contributed by atoms with Crippen LogP contribution in [0, 0.1) is 0 Å². The zero-order valence-corrected chi connectivity index (χ0v) is 43.3. The molecule has 0 aromatic rings. The molecule has 0 saturated carbocycles. The van der Waals surface area contributed by atoms with Gasteiger partial charge in [-0.2, -0.15) is 0 Å². The molecule has 2 atom stereocenters. The highest BCUT2D eigenvalue weighted by Crippen LogP contribution is 2.17. The topological polar surface area (TPSA) is 95.9 Å². The van der Waals surface area contributed by atoms with Crippen molar-refractivity contribution in [2.45, 2.75) is 334 Å². The molecule has 64 heavy (non-hydrogen) atoms. The summed E-state index contributed by atoms with van der Waals surface area (Å²) in [6.45, 7) is 4.87. The summed E-state index contributed by atoms with van der Waals surface area (Å²) >= 11 is 0. The van der Waals surface area contributed by atoms with Crippen LogP contribution in [0.15, 0.2) is 12.2 Å². The molecule has 2 unspecified atom stereocenters. The lowest BCUT2D eigenvalue weighted by molar-refractivity contribution is -0.143. The van der Waals surface area contributed by atoms with Gasteiger partial charge in [0.2, 0.25) is 5.91 Å². The van der Waals surface area contributed by atoms with Gasteiger partial charge < -0.3 is 20.3 Å². The number of aliphatic hydroxyl groups is 2. The van der Waals surface area contributed by atoms with E-state index in [9.17, 15) is 19.8 Å². The van der Waals surface area contributed by atoms with Crippen molar-refractivity contribution >= 4 is 11.9 Å². The van der Waals surface area contributed by atoms with E-state index in [0.29, 0.717) is 19.4 Å². The molecule has 0 rings (SSSR count). The lowest BCUT2D eigenvalue weighted by atomic mass is 10.0. The minimum atomic E-state index is -0.861. The van der Waals surface area contributed by atoms with Crippen molar-refractivity contribution in [2.24, 2.45) is 0 Å². The zero-order chi connectivity index (χ0) is 46.5. The molecule has 0 aliphatic heterocycles. The minimum absolute atomic E-state index is 0.0217. The number of carbonyl (C=O) groups is 2. The maximum atomic E-state index is 12.5. The Balaban J connectivity index is 3.48. The number of aliphatic hydroxyl groups excluding tert-OH is 2. The average molecular weight is 905 g/mol. The summed E-state index contributed by atoms with van der Waals surface area (Å²) in [5.41, 5.74) is 0. The molecule has 0 aliphatic carbocycles. The minimum Gasteiger partial charge on any atom is -0.466 e. The van der Waals surface area contributed by atoms with Crippen LogP contribution in [0.5, 0.6) is 0 Å². The Morgan fingerprint density at radius 2 is 0.719 bits per heavy atom. The van der Waals surface area contributed by atoms with Gasteiger partial charge in [-0.15, -0.1) is 0 Å². The summed E-state index contributed by atoms with van der Waals surface area (Å²) in [5.74, 6) is -0.113. The first-order valence-corrected chi connectivity index (χ1v) is 29.0. The van der Waals surface area contributed by atoms with Gasteiger partial charge >= 0.3 is 5.97 Å². The Bertz CT molecular complexity index is 955. The van der Waals surface area contributed by atoms with E-state index in [4.69, 9.17) is 4.74 Å². The second-order valence-electron chi connectivity index (χ2n) is 20.0. The largest absolute Gasteiger partial charge is 0.466 e. The van der Waals surface area contributed by atoms with Gasteiger partial charge in [0.25, 0.3) is 0 Å². The number of nitrogens with one attached hydrogen (secondary N) is 1. The number of ether oxygens (including phenoxy) is 1. The summed E-state index contributed by atoms with van der Waals surface area (Å²) in [7, 11) is 0. The molecule has 0 saturated heterocycles. The number of allylic oxidation sites excluding steroid dienone is 1. The third kappa shape index (κ3) is 50.0. The molecule has 6 heteroatoms. The highest BCUT2D eigenvalue weighted by atomic mass is 16.5. The van der Waals surface area contributed by atoms with Gasteiger partial charge in [-0.3, -0.25) is 9.59 Å². The fourth-order valence-electron chi connectivity index (χ4n) is 9.11. The number of carbonyl (C=O) groups excluding carboxylic acids is 2. The molecular weight excluding hydrogens is 791 g/mol. The van der Waals surface area contributed by atoms with Gasteiger partial charge in [0.05, 0.1) is 25.4 Å². The molecule has 0 spiro atoms. The van der Waals surface area contributed by atoms with Crippen LogP contribution >= 0.6 is 0 Å². The van der Waals surface area contributed by atoms with E-state index in [1.54, 1.807) is 6.08 Å². The second kappa shape index (κ2) is 54.2. The summed E-state index contributed by atoms with van der Waals surface area (Å²) < 4.78 is 5.47. The van der Waals surface area contributed by atoms with Crippen molar-refractivity contribution < 1.29 is 24.5 Å². The van der Waals surface area contributed by atoms with Crippen molar-refractivity contribution in [2.75, 3.05) is 13.2 Å². The maximum absolute atomic E-state index is 12.5. The van der Waals surface area contributed by atoms with E-state index in [1.165, 1.54) is 238 Å². The van der Waals surface area contributed by atoms with Gasteiger partial charge in [0.15, 0.2) is 0 Å². The Labute approximate surface area is 399 Å². The van der Waals surface area contributed by atoms with E-state index in [-0.39, 0.29) is 18.5 Å². The summed E-state index contributed by atoms with van der Waals surface area (Å²) in [6, 6.07) is -0.647. The van der Waals surface area contributed by atoms with Crippen LogP contribution in [-0.2, 0) is 14.3 Å². The fourth-order valence-corrected chi connectivity index (χ4v) is 9.11. The van der Waals surface area contributed by atoms with Crippen LogP contribution in [0.1, 0.15) is 322 Å². The quantitative estimate of drug-likeness (QED) is 0.0321. The third-order valence-corrected chi connectivity index (χ3v) is 13.6. The molecular formula is C58H113NO5. The maximum Gasteiger partial charge on any atom is 0.305 e. The standard InChI is InChI=1S/C58H113NO5/c1-3-5-7-9-11-13-15-17-19-21-23-25-27-29-31-34-38-42-46-50-56(61)55(54-60)59-57(62)51-47-43-39-35-33-37-41-45-49-53-64-58(63)52-48-44-40-36-32-30-28-26-24-22-20-18-16-14-12-10-8-6-4-2/h46,50,55-56,60-61H,3-45,47-49,51-54H2,1-2H3,(H,59,62)/b50-46+. The van der Waals surface area contributed by atoms with Crippen molar-refractivity contribution in [1.82, 2.24) is 5.32 Å². The SMILES string of the molecule is CCCCCCCCCCCCCCCCCCC/C=C/C(O)C(CO)NC(=O)CCCCCCCCCCCOC(=O)CCCCCCCCCCCCCCCCCCCCC. The smallest absolute Gasteiger partial charge is 0.305 e. The van der Waals surface area contributed by atoms with Crippen LogP contribution in [-0.4, -0.2) is 47.4 Å². The molecule has 1 amide bonds. The first-order chi connectivity index (χ1) is 31.5. The number of amides is 1. The van der Waals surface area contributed by atoms with E-state index in [1.807, 2.05) is 6.08 Å². The van der Waals surface area contributed by atoms with Crippen LogP contribution in [0.25, 0.3) is 0 Å². The van der Waals surface area contributed by atoms with Crippen LogP contribution in [0.3, 0.4) is 0 Å². The van der Waals surface area contributed by atoms with Gasteiger partial charge in [-0.1, -0.05) is 289 Å². The Morgan fingerprint density at radius 3 is 1.06 bits per heavy atom. The molecule has 3 N–H and O–H groups in total. The zero-order valence-electron chi connectivity index (χ0n) is 43.3. The number of hydrogen-bond acceptors (Lipinski definition) is 5. The van der Waals surface area contributed by atoms with E-state index in [0.717, 1.165) is 57.8 Å². The Morgan fingerprint density at radius 1 is 0.422 bits per heavy atom. The second-order valence-corrected chi connectivity index (χ2v) is 20.0. The normalized spacial score (nSPS) is 12.6. The van der Waals surface area contributed by atoms with Crippen molar-refractivity contribution in [3.05, 3.63) is 12.2 Å². The molecule has 0 bridgehead atoms. The van der Waals surface area contributed by atoms with E-state index >= 15 is 0 Å². The molecule has 0 aromatic heterocycles. The van der Waals surface area contributed by atoms with Gasteiger partial charge in [0.1, 0.15) is 0 Å². The fraction of sp³-hybridized carbons (Fsp3) is 0.931. The molecule has 0 radical (unpaired) electrons. The number of esters is 1. The Kier molecular flexibility index (Phi) is 53.0. The predicted octanol–water partition coefficient (Wildman–Crippen LogP) is 17.7. The molecule has 0 aromatic carbocycles. The number of hydrogen-bond donors (Lipinski definition) is 3. The molecule has 0 fully saturated rings. The summed E-state index contributed by atoms with van der Waals surface area (Å²) in [4.78, 5) is 24.6. The van der Waals surface area contributed by atoms with Crippen LogP contribution in [0.2, 0.25) is 0 Å². The third-order valence-electron chi connectivity index (χ3n) is 13.6. The first-order valence-electron chi connectivity index (χ1n) is 29.0. The molecule has 6 nitrogen and oxygen atoms in total. The van der Waals surface area contributed by atoms with E-state index < -0.39 is 12.1 Å². The predicted molar refractivity (Wildman–Crippen MR) is 278 cm³/mol. The van der Waals surface area contributed by atoms with E-state index in [2.05, 4.69) is 19.2 Å². The Hall–Kier alpha value is -1.40. The number of unbranched alkanes of at least 4 members (excludes halogenated alkanes) is 43. The van der Waals surface area contributed by atoms with Gasteiger partial charge in [0, 0.05) is 12.8 Å². The van der Waals surface area contributed by atoms with Crippen LogP contribution < -0.4 is 5.32 Å². The molecule has 0 aliphatic rings. The summed E-state index contributed by atoms with van der Waals surface area (Å²) in [5, 5.41) is 23.1. The van der Waals surface area contributed by atoms with Crippen molar-refractivity contribution in [1.29, 1.82) is 0 Å². The number of rotatable bonds is 54. The average Bonchev–Trinajstić information content (AvgIpc) is 3.29. The van der Waals surface area contributed by atoms with Gasteiger partial charge in [-0.05, 0) is 32.1 Å². The van der Waals surface area contributed by atoms with Crippen molar-refractivity contribution in [3.8, 4) is 0 Å². The first kappa shape index (κ1) is 62.6. The van der Waals surface area contributed by atoms with Crippen molar-refractivity contribution in [3.63, 3.8) is 0 Å². The van der Waals surface area contributed by atoms with Crippen LogP contribution in [0.4, 0.5) is 0 Å². The highest BCUT2D eigenvalue weighted by molar-refractivity contribution is 5.76. The molecule has 380 valence electrons. The summed E-state index contributed by atoms with van der Waals surface area (Å²) in [6.07, 6.45) is 63.7. The van der Waals surface area contributed by atoms with Gasteiger partial charge in [-0.25, -0.2) is 0 Å². The lowest BCUT2D eigenvalue weighted by Gasteiger charge is -2.20. The lowest BCUT2D eigenvalue weighted by Crippen LogP contribution is -2.45. The molecule has 0 heterocycles. The monoisotopic (exact) mass is 904 g/mol. The highest BCUT2D eigenvalue weighted by Gasteiger charge is 2.18.